The Balaban J connectivity index is 1.88. The van der Waals surface area contributed by atoms with Gasteiger partial charge in [-0.05, 0) is 37.1 Å². The summed E-state index contributed by atoms with van der Waals surface area (Å²) >= 11 is 3.36. The number of hydrogen-bond donors (Lipinski definition) is 0. The number of rotatable bonds is 4. The van der Waals surface area contributed by atoms with E-state index in [0.29, 0.717) is 44.5 Å². The molecule has 1 aromatic carbocycles. The number of carbonyl (C=O) groups excluding carboxylic acids is 2. The molecule has 0 N–H and O–H groups in total. The van der Waals surface area contributed by atoms with Crippen LogP contribution in [-0.2, 0) is 4.79 Å². The van der Waals surface area contributed by atoms with Crippen molar-refractivity contribution in [3.05, 3.63) is 34.3 Å². The molecule has 0 radical (unpaired) electrons. The van der Waals surface area contributed by atoms with Crippen LogP contribution in [0.4, 0.5) is 0 Å². The zero-order chi connectivity index (χ0) is 16.8. The molecule has 2 amide bonds. The van der Waals surface area contributed by atoms with Gasteiger partial charge in [-0.25, -0.2) is 0 Å². The van der Waals surface area contributed by atoms with E-state index in [2.05, 4.69) is 22.0 Å². The van der Waals surface area contributed by atoms with E-state index in [9.17, 15) is 9.59 Å². The Kier molecular flexibility index (Phi) is 6.17. The fourth-order valence-corrected chi connectivity index (χ4v) is 3.01. The molecule has 0 aromatic heterocycles. The van der Waals surface area contributed by atoms with Crippen molar-refractivity contribution in [2.45, 2.75) is 19.3 Å². The lowest BCUT2D eigenvalue weighted by molar-refractivity contribution is -0.135. The summed E-state index contributed by atoms with van der Waals surface area (Å²) in [5.41, 5.74) is 0.670. The highest BCUT2D eigenvalue weighted by Gasteiger charge is 2.29. The second kappa shape index (κ2) is 8.11. The minimum atomic E-state index is -0.0485. The Labute approximate surface area is 145 Å². The first-order valence-corrected chi connectivity index (χ1v) is 8.49. The second-order valence-corrected chi connectivity index (χ2v) is 6.66. The van der Waals surface area contributed by atoms with Gasteiger partial charge in [-0.2, -0.15) is 5.26 Å². The molecule has 0 unspecified atom stereocenters. The van der Waals surface area contributed by atoms with Crippen molar-refractivity contribution < 1.29 is 9.59 Å². The molecule has 0 spiro atoms. The van der Waals surface area contributed by atoms with Crippen molar-refractivity contribution in [2.24, 2.45) is 5.92 Å². The second-order valence-electron chi connectivity index (χ2n) is 5.74. The summed E-state index contributed by atoms with van der Waals surface area (Å²) in [7, 11) is 1.74. The smallest absolute Gasteiger partial charge is 0.253 e. The number of nitriles is 1. The Morgan fingerprint density at radius 3 is 2.48 bits per heavy atom. The summed E-state index contributed by atoms with van der Waals surface area (Å²) in [4.78, 5) is 28.2. The summed E-state index contributed by atoms with van der Waals surface area (Å²) in [5.74, 6) is 0.0462. The van der Waals surface area contributed by atoms with Gasteiger partial charge in [0.2, 0.25) is 5.91 Å². The van der Waals surface area contributed by atoms with Gasteiger partial charge < -0.3 is 9.80 Å². The normalized spacial score (nSPS) is 15.1. The van der Waals surface area contributed by atoms with Gasteiger partial charge in [-0.3, -0.25) is 9.59 Å². The van der Waals surface area contributed by atoms with Crippen LogP contribution in [0, 0.1) is 17.2 Å². The number of likely N-dealkylation sites (tertiary alicyclic amines) is 1. The molecule has 1 aromatic rings. The van der Waals surface area contributed by atoms with E-state index in [1.165, 1.54) is 0 Å². The average molecular weight is 378 g/mol. The van der Waals surface area contributed by atoms with Crippen LogP contribution in [-0.4, -0.2) is 48.3 Å². The van der Waals surface area contributed by atoms with Gasteiger partial charge in [-0.1, -0.05) is 15.9 Å². The predicted molar refractivity (Wildman–Crippen MR) is 90.6 cm³/mol. The fraction of sp³-hybridized carbons (Fsp3) is 0.471. The highest BCUT2D eigenvalue weighted by molar-refractivity contribution is 9.10. The topological polar surface area (TPSA) is 64.4 Å². The van der Waals surface area contributed by atoms with Gasteiger partial charge >= 0.3 is 0 Å². The van der Waals surface area contributed by atoms with Gasteiger partial charge in [0, 0.05) is 42.6 Å². The maximum absolute atomic E-state index is 12.4. The van der Waals surface area contributed by atoms with E-state index in [1.807, 2.05) is 17.0 Å². The molecule has 0 saturated carbocycles. The number of halogens is 1. The largest absolute Gasteiger partial charge is 0.344 e. The first kappa shape index (κ1) is 17.5. The minimum Gasteiger partial charge on any atom is -0.344 e. The number of benzene rings is 1. The maximum atomic E-state index is 12.4. The van der Waals surface area contributed by atoms with Crippen molar-refractivity contribution in [1.82, 2.24) is 9.80 Å². The molecule has 122 valence electrons. The van der Waals surface area contributed by atoms with Crippen molar-refractivity contribution in [3.63, 3.8) is 0 Å². The molecule has 6 heteroatoms. The van der Waals surface area contributed by atoms with Crippen LogP contribution in [0.3, 0.4) is 0 Å². The molecule has 1 aliphatic heterocycles. The van der Waals surface area contributed by atoms with Crippen LogP contribution in [0.1, 0.15) is 29.6 Å². The molecule has 2 rings (SSSR count). The molecule has 0 atom stereocenters. The molecule has 0 aliphatic carbocycles. The first-order valence-electron chi connectivity index (χ1n) is 7.69. The monoisotopic (exact) mass is 377 g/mol. The zero-order valence-electron chi connectivity index (χ0n) is 13.2. The third-order valence-corrected chi connectivity index (χ3v) is 4.69. The van der Waals surface area contributed by atoms with Crippen LogP contribution in [0.15, 0.2) is 28.7 Å². The highest BCUT2D eigenvalue weighted by Crippen LogP contribution is 2.21. The molecule has 1 fully saturated rings. The van der Waals surface area contributed by atoms with Gasteiger partial charge in [0.1, 0.15) is 0 Å². The van der Waals surface area contributed by atoms with Gasteiger partial charge in [0.15, 0.2) is 0 Å². The quantitative estimate of drug-likeness (QED) is 0.809. The van der Waals surface area contributed by atoms with Crippen molar-refractivity contribution in [3.8, 4) is 6.07 Å². The standard InChI is InChI=1S/C17H20BrN3O2/c1-20(10-2-9-19)16(22)14-7-11-21(12-8-14)17(23)13-3-5-15(18)6-4-13/h3-6,14H,2,7-8,10-12H2,1H3. The lowest BCUT2D eigenvalue weighted by atomic mass is 9.95. The van der Waals surface area contributed by atoms with Crippen LogP contribution >= 0.6 is 15.9 Å². The van der Waals surface area contributed by atoms with Crippen LogP contribution in [0.2, 0.25) is 0 Å². The van der Waals surface area contributed by atoms with E-state index in [4.69, 9.17) is 5.26 Å². The van der Waals surface area contributed by atoms with Crippen LogP contribution in [0.25, 0.3) is 0 Å². The number of carbonyl (C=O) groups is 2. The zero-order valence-corrected chi connectivity index (χ0v) is 14.8. The molecule has 5 nitrogen and oxygen atoms in total. The molecule has 1 aliphatic rings. The molecule has 23 heavy (non-hydrogen) atoms. The molecule has 0 bridgehead atoms. The predicted octanol–water partition coefficient (Wildman–Crippen LogP) is 2.67. The Morgan fingerprint density at radius 1 is 1.30 bits per heavy atom. The van der Waals surface area contributed by atoms with Crippen LogP contribution < -0.4 is 0 Å². The summed E-state index contributed by atoms with van der Waals surface area (Å²) in [5, 5.41) is 8.59. The SMILES string of the molecule is CN(CCC#N)C(=O)C1CCN(C(=O)c2ccc(Br)cc2)CC1. The molecular weight excluding hydrogens is 358 g/mol. The highest BCUT2D eigenvalue weighted by atomic mass is 79.9. The van der Waals surface area contributed by atoms with Crippen LogP contribution in [0.5, 0.6) is 0 Å². The van der Waals surface area contributed by atoms with E-state index in [0.717, 1.165) is 4.47 Å². The first-order chi connectivity index (χ1) is 11.0. The minimum absolute atomic E-state index is 0.0150. The number of nitrogens with zero attached hydrogens (tertiary/aromatic N) is 3. The maximum Gasteiger partial charge on any atom is 0.253 e. The Hall–Kier alpha value is -1.87. The Bertz CT molecular complexity index is 601. The summed E-state index contributed by atoms with van der Waals surface area (Å²) in [6.07, 6.45) is 1.71. The summed E-state index contributed by atoms with van der Waals surface area (Å²) in [6.45, 7) is 1.65. The van der Waals surface area contributed by atoms with E-state index >= 15 is 0 Å². The van der Waals surface area contributed by atoms with Crippen molar-refractivity contribution >= 4 is 27.7 Å². The lowest BCUT2D eigenvalue weighted by Crippen LogP contribution is -2.43. The number of amides is 2. The van der Waals surface area contributed by atoms with Gasteiger partial charge in [0.25, 0.3) is 5.91 Å². The third-order valence-electron chi connectivity index (χ3n) is 4.16. The molecular formula is C17H20BrN3O2. The lowest BCUT2D eigenvalue weighted by Gasteiger charge is -2.33. The van der Waals surface area contributed by atoms with E-state index in [-0.39, 0.29) is 17.7 Å². The third kappa shape index (κ3) is 4.55. The van der Waals surface area contributed by atoms with E-state index < -0.39 is 0 Å². The number of piperidine rings is 1. The van der Waals surface area contributed by atoms with Crippen molar-refractivity contribution in [1.29, 1.82) is 5.26 Å². The van der Waals surface area contributed by atoms with Gasteiger partial charge in [0.05, 0.1) is 12.5 Å². The summed E-state index contributed by atoms with van der Waals surface area (Å²) < 4.78 is 0.943. The fourth-order valence-electron chi connectivity index (χ4n) is 2.74. The molecule has 1 heterocycles. The Morgan fingerprint density at radius 2 is 1.91 bits per heavy atom. The molecule has 1 saturated heterocycles. The van der Waals surface area contributed by atoms with E-state index in [1.54, 1.807) is 24.1 Å². The average Bonchev–Trinajstić information content (AvgIpc) is 2.59. The van der Waals surface area contributed by atoms with Gasteiger partial charge in [-0.15, -0.1) is 0 Å². The van der Waals surface area contributed by atoms with Crippen molar-refractivity contribution in [2.75, 3.05) is 26.7 Å². The number of hydrogen-bond acceptors (Lipinski definition) is 3. The summed E-state index contributed by atoms with van der Waals surface area (Å²) in [6, 6.07) is 9.37.